The van der Waals surface area contributed by atoms with Crippen molar-refractivity contribution in [3.63, 3.8) is 0 Å². The summed E-state index contributed by atoms with van der Waals surface area (Å²) in [5, 5.41) is -0.00241. The second-order valence-corrected chi connectivity index (χ2v) is 3.97. The molecule has 3 nitrogen and oxygen atoms in total. The molecule has 0 saturated heterocycles. The van der Waals surface area contributed by atoms with E-state index in [9.17, 15) is 8.42 Å². The fraction of sp³-hybridized carbons (Fsp3) is 0.143. The molecule has 4 heteroatoms. The monoisotopic (exact) mass is 172 g/mol. The first-order valence-corrected chi connectivity index (χ1v) is 4.69. The van der Waals surface area contributed by atoms with Crippen LogP contribution in [0.3, 0.4) is 0 Å². The van der Waals surface area contributed by atoms with E-state index in [1.54, 1.807) is 0 Å². The molecular weight excluding hydrogens is 164 g/mol. The highest BCUT2D eigenvalue weighted by Gasteiger charge is 2.14. The smallest absolute Gasteiger partial charge is 0.218 e. The van der Waals surface area contributed by atoms with E-state index in [4.69, 9.17) is 4.42 Å². The Morgan fingerprint density at radius 2 is 2.36 bits per heavy atom. The first kappa shape index (κ1) is 8.07. The van der Waals surface area contributed by atoms with Gasteiger partial charge in [0.1, 0.15) is 0 Å². The Morgan fingerprint density at radius 3 is 2.82 bits per heavy atom. The fourth-order valence-electron chi connectivity index (χ4n) is 0.678. The van der Waals surface area contributed by atoms with Crippen LogP contribution >= 0.6 is 0 Å². The van der Waals surface area contributed by atoms with Gasteiger partial charge in [0, 0.05) is 0 Å². The molecule has 0 aliphatic heterocycles. The lowest BCUT2D eigenvalue weighted by atomic mass is 10.7. The highest BCUT2D eigenvalue weighted by atomic mass is 32.2. The molecule has 0 aromatic carbocycles. The first-order valence-electron chi connectivity index (χ1n) is 3.04. The summed E-state index contributed by atoms with van der Waals surface area (Å²) in [6.45, 7) is 3.33. The lowest BCUT2D eigenvalue weighted by molar-refractivity contribution is 0.451. The van der Waals surface area contributed by atoms with Gasteiger partial charge in [-0.1, -0.05) is 6.08 Å². The molecule has 0 aliphatic rings. The van der Waals surface area contributed by atoms with Gasteiger partial charge in [0.15, 0.2) is 0 Å². The van der Waals surface area contributed by atoms with Gasteiger partial charge in [0.2, 0.25) is 14.9 Å². The summed E-state index contributed by atoms with van der Waals surface area (Å²) >= 11 is 0. The van der Waals surface area contributed by atoms with Crippen LogP contribution in [0.25, 0.3) is 0 Å². The third-order valence-corrected chi connectivity index (χ3v) is 2.66. The summed E-state index contributed by atoms with van der Waals surface area (Å²) in [5.41, 5.74) is 0. The number of furan rings is 1. The topological polar surface area (TPSA) is 47.3 Å². The molecule has 0 fully saturated rings. The SMILES string of the molecule is C=CCS(=O)(=O)c1ccco1. The molecule has 0 bridgehead atoms. The van der Waals surface area contributed by atoms with Crippen LogP contribution in [0, 0.1) is 0 Å². The third-order valence-electron chi connectivity index (χ3n) is 1.14. The molecule has 1 heterocycles. The largest absolute Gasteiger partial charge is 0.453 e. The standard InChI is InChI=1S/C7H8O3S/c1-2-6-11(8,9)7-4-3-5-10-7/h2-5H,1,6H2. The third kappa shape index (κ3) is 1.71. The highest BCUT2D eigenvalue weighted by Crippen LogP contribution is 2.10. The van der Waals surface area contributed by atoms with Crippen molar-refractivity contribution in [3.05, 3.63) is 31.1 Å². The Hall–Kier alpha value is -1.03. The van der Waals surface area contributed by atoms with Crippen molar-refractivity contribution in [2.45, 2.75) is 5.09 Å². The molecule has 0 N–H and O–H groups in total. The van der Waals surface area contributed by atoms with E-state index in [1.807, 2.05) is 0 Å². The average Bonchev–Trinajstić information content (AvgIpc) is 2.37. The summed E-state index contributed by atoms with van der Waals surface area (Å²) in [5.74, 6) is -0.0828. The summed E-state index contributed by atoms with van der Waals surface area (Å²) < 4.78 is 27.0. The quantitative estimate of drug-likeness (QED) is 0.644. The zero-order valence-electron chi connectivity index (χ0n) is 5.86. The molecular formula is C7H8O3S. The second kappa shape index (κ2) is 2.92. The van der Waals surface area contributed by atoms with Crippen LogP contribution in [0.2, 0.25) is 0 Å². The summed E-state index contributed by atoms with van der Waals surface area (Å²) in [6, 6.07) is 2.95. The van der Waals surface area contributed by atoms with Gasteiger partial charge in [-0.05, 0) is 12.1 Å². The lowest BCUT2D eigenvalue weighted by Crippen LogP contribution is -2.02. The van der Waals surface area contributed by atoms with E-state index in [1.165, 1.54) is 24.5 Å². The Morgan fingerprint density at radius 1 is 1.64 bits per heavy atom. The van der Waals surface area contributed by atoms with Gasteiger partial charge in [0.25, 0.3) is 0 Å². The minimum Gasteiger partial charge on any atom is -0.453 e. The molecule has 0 aliphatic carbocycles. The zero-order valence-corrected chi connectivity index (χ0v) is 6.67. The molecule has 0 unspecified atom stereocenters. The molecule has 0 radical (unpaired) electrons. The predicted octanol–water partition coefficient (Wildman–Crippen LogP) is 1.24. The minimum atomic E-state index is -3.25. The Labute approximate surface area is 65.3 Å². The summed E-state index contributed by atoms with van der Waals surface area (Å²) in [7, 11) is -3.25. The average molecular weight is 172 g/mol. The molecule has 1 aromatic rings. The first-order chi connectivity index (χ1) is 5.17. The second-order valence-electron chi connectivity index (χ2n) is 2.00. The predicted molar refractivity (Wildman–Crippen MR) is 41.0 cm³/mol. The van der Waals surface area contributed by atoms with Crippen molar-refractivity contribution in [1.29, 1.82) is 0 Å². The molecule has 0 spiro atoms. The van der Waals surface area contributed by atoms with Crippen LogP contribution < -0.4 is 0 Å². The van der Waals surface area contributed by atoms with Gasteiger partial charge in [-0.25, -0.2) is 8.42 Å². The fourth-order valence-corrected chi connectivity index (χ4v) is 1.64. The van der Waals surface area contributed by atoms with Gasteiger partial charge in [0.05, 0.1) is 12.0 Å². The zero-order chi connectivity index (χ0) is 8.32. The van der Waals surface area contributed by atoms with E-state index in [2.05, 4.69) is 6.58 Å². The lowest BCUT2D eigenvalue weighted by Gasteiger charge is -1.93. The number of rotatable bonds is 3. The van der Waals surface area contributed by atoms with Crippen LogP contribution in [0.4, 0.5) is 0 Å². The number of hydrogen-bond donors (Lipinski definition) is 0. The minimum absolute atomic E-state index is 0.00241. The molecule has 0 amide bonds. The van der Waals surface area contributed by atoms with Crippen LogP contribution in [-0.2, 0) is 9.84 Å². The maximum absolute atomic E-state index is 11.1. The summed E-state index contributed by atoms with van der Waals surface area (Å²) in [6.07, 6.45) is 2.66. The van der Waals surface area contributed by atoms with Gasteiger partial charge in [-0.2, -0.15) is 0 Å². The van der Waals surface area contributed by atoms with E-state index in [0.717, 1.165) is 0 Å². The van der Waals surface area contributed by atoms with Crippen molar-refractivity contribution < 1.29 is 12.8 Å². The van der Waals surface area contributed by atoms with Crippen LogP contribution in [0.15, 0.2) is 40.6 Å². The Balaban J connectivity index is 3.01. The van der Waals surface area contributed by atoms with E-state index >= 15 is 0 Å². The van der Waals surface area contributed by atoms with Crippen molar-refractivity contribution in [2.24, 2.45) is 0 Å². The number of sulfone groups is 1. The van der Waals surface area contributed by atoms with E-state index in [0.29, 0.717) is 0 Å². The Bertz CT molecular complexity index is 321. The van der Waals surface area contributed by atoms with Crippen molar-refractivity contribution in [2.75, 3.05) is 5.75 Å². The van der Waals surface area contributed by atoms with Crippen LogP contribution in [0.5, 0.6) is 0 Å². The molecule has 11 heavy (non-hydrogen) atoms. The normalized spacial score (nSPS) is 11.3. The molecule has 0 atom stereocenters. The molecule has 1 rings (SSSR count). The molecule has 0 saturated carbocycles. The van der Waals surface area contributed by atoms with Gasteiger partial charge in [-0.15, -0.1) is 6.58 Å². The van der Waals surface area contributed by atoms with Crippen molar-refractivity contribution in [3.8, 4) is 0 Å². The number of hydrogen-bond acceptors (Lipinski definition) is 3. The van der Waals surface area contributed by atoms with Gasteiger partial charge >= 0.3 is 0 Å². The molecule has 1 aromatic heterocycles. The van der Waals surface area contributed by atoms with Gasteiger partial charge < -0.3 is 4.42 Å². The van der Waals surface area contributed by atoms with E-state index in [-0.39, 0.29) is 10.8 Å². The highest BCUT2D eigenvalue weighted by molar-refractivity contribution is 7.91. The van der Waals surface area contributed by atoms with Crippen LogP contribution in [0.1, 0.15) is 0 Å². The van der Waals surface area contributed by atoms with Crippen molar-refractivity contribution in [1.82, 2.24) is 0 Å². The van der Waals surface area contributed by atoms with Crippen molar-refractivity contribution >= 4 is 9.84 Å². The van der Waals surface area contributed by atoms with E-state index < -0.39 is 9.84 Å². The van der Waals surface area contributed by atoms with Gasteiger partial charge in [-0.3, -0.25) is 0 Å². The maximum atomic E-state index is 11.1. The summed E-state index contributed by atoms with van der Waals surface area (Å²) in [4.78, 5) is 0. The van der Waals surface area contributed by atoms with Crippen LogP contribution in [-0.4, -0.2) is 14.2 Å². The maximum Gasteiger partial charge on any atom is 0.218 e. The molecule has 60 valence electrons. The Kier molecular flexibility index (Phi) is 2.14.